The minimum Gasteiger partial charge on any atom is -0.497 e. The van der Waals surface area contributed by atoms with Crippen LogP contribution in [-0.4, -0.2) is 48.6 Å². The molecule has 2 aromatic carbocycles. The first-order chi connectivity index (χ1) is 16.7. The van der Waals surface area contributed by atoms with Gasteiger partial charge in [-0.15, -0.1) is 0 Å². The lowest BCUT2D eigenvalue weighted by Gasteiger charge is -2.66. The zero-order chi connectivity index (χ0) is 22.5. The number of piperidine rings is 1. The summed E-state index contributed by atoms with van der Waals surface area (Å²) >= 11 is 0. The van der Waals surface area contributed by atoms with E-state index in [0.29, 0.717) is 10.8 Å². The summed E-state index contributed by atoms with van der Waals surface area (Å²) in [6.07, 6.45) is 9.87. The molecule has 0 spiro atoms. The summed E-state index contributed by atoms with van der Waals surface area (Å²) in [5.41, 5.74) is 5.68. The molecule has 178 valence electrons. The standard InChI is InChI=1S/C31H38N2O/c1-34-25-10-9-23-15-28-30-12-11-27-29(24(17-30)20-33(27)19-21-5-3-2-4-6-21)31(30,26(23)16-25)13-14-32(28)18-22-7-8-22/h2-6,9-10,16,22,24,27-29H,7-8,11-15,17-20H2,1H3. The second-order valence-electron chi connectivity index (χ2n) is 12.6. The third-order valence-corrected chi connectivity index (χ3v) is 11.3. The van der Waals surface area contributed by atoms with Crippen LogP contribution in [0.25, 0.3) is 0 Å². The molecule has 4 aliphatic carbocycles. The van der Waals surface area contributed by atoms with Gasteiger partial charge in [0.2, 0.25) is 0 Å². The number of hydrogen-bond acceptors (Lipinski definition) is 3. The topological polar surface area (TPSA) is 15.7 Å². The Morgan fingerprint density at radius 3 is 2.71 bits per heavy atom. The summed E-state index contributed by atoms with van der Waals surface area (Å²) in [6.45, 7) is 5.12. The Kier molecular flexibility index (Phi) is 4.26. The zero-order valence-corrected chi connectivity index (χ0v) is 20.6. The van der Waals surface area contributed by atoms with Crippen LogP contribution in [0.2, 0.25) is 0 Å². The van der Waals surface area contributed by atoms with Crippen molar-refractivity contribution in [3.8, 4) is 5.75 Å². The van der Waals surface area contributed by atoms with Gasteiger partial charge in [-0.1, -0.05) is 36.4 Å². The fraction of sp³-hybridized carbons (Fsp3) is 0.613. The summed E-state index contributed by atoms with van der Waals surface area (Å²) < 4.78 is 5.81. The van der Waals surface area contributed by atoms with E-state index < -0.39 is 0 Å². The van der Waals surface area contributed by atoms with Crippen LogP contribution < -0.4 is 4.74 Å². The molecular formula is C31H38N2O. The molecule has 3 saturated carbocycles. The molecule has 3 heteroatoms. The Morgan fingerprint density at radius 1 is 1.00 bits per heavy atom. The van der Waals surface area contributed by atoms with Gasteiger partial charge in [-0.2, -0.15) is 0 Å². The van der Waals surface area contributed by atoms with E-state index in [1.54, 1.807) is 11.1 Å². The van der Waals surface area contributed by atoms with Crippen molar-refractivity contribution in [3.63, 3.8) is 0 Å². The summed E-state index contributed by atoms with van der Waals surface area (Å²) in [6, 6.07) is 19.9. The van der Waals surface area contributed by atoms with Crippen LogP contribution in [0.5, 0.6) is 5.75 Å². The monoisotopic (exact) mass is 454 g/mol. The van der Waals surface area contributed by atoms with E-state index in [-0.39, 0.29) is 0 Å². The van der Waals surface area contributed by atoms with E-state index in [2.05, 4.69) is 58.3 Å². The third kappa shape index (κ3) is 2.56. The Morgan fingerprint density at radius 2 is 1.88 bits per heavy atom. The first-order valence-corrected chi connectivity index (χ1v) is 13.9. The van der Waals surface area contributed by atoms with Gasteiger partial charge >= 0.3 is 0 Å². The molecule has 6 unspecified atom stereocenters. The molecule has 6 atom stereocenters. The van der Waals surface area contributed by atoms with Gasteiger partial charge in [0.15, 0.2) is 0 Å². The average Bonchev–Trinajstić information content (AvgIpc) is 3.57. The molecule has 4 bridgehead atoms. The van der Waals surface area contributed by atoms with Gasteiger partial charge in [0, 0.05) is 37.1 Å². The number of rotatable bonds is 5. The number of nitrogens with zero attached hydrogens (tertiary/aromatic N) is 2. The molecule has 2 saturated heterocycles. The first-order valence-electron chi connectivity index (χ1n) is 13.9. The van der Waals surface area contributed by atoms with E-state index in [1.807, 2.05) is 7.11 Å². The lowest BCUT2D eigenvalue weighted by Crippen LogP contribution is -2.69. The summed E-state index contributed by atoms with van der Waals surface area (Å²) in [5.74, 6) is 3.73. The van der Waals surface area contributed by atoms with Gasteiger partial charge in [-0.3, -0.25) is 9.80 Å². The van der Waals surface area contributed by atoms with Gasteiger partial charge in [-0.25, -0.2) is 0 Å². The van der Waals surface area contributed by atoms with Crippen LogP contribution in [0.3, 0.4) is 0 Å². The van der Waals surface area contributed by atoms with Gasteiger partial charge in [0.1, 0.15) is 5.75 Å². The molecule has 3 nitrogen and oxygen atoms in total. The minimum absolute atomic E-state index is 0.360. The highest BCUT2D eigenvalue weighted by Gasteiger charge is 2.75. The molecule has 0 N–H and O–H groups in total. The number of hydrogen-bond donors (Lipinski definition) is 0. The van der Waals surface area contributed by atoms with Crippen molar-refractivity contribution in [2.45, 2.75) is 69.0 Å². The van der Waals surface area contributed by atoms with E-state index in [1.165, 1.54) is 70.1 Å². The number of benzene rings is 2. The Balaban J connectivity index is 1.24. The van der Waals surface area contributed by atoms with Crippen molar-refractivity contribution in [1.82, 2.24) is 9.80 Å². The minimum atomic E-state index is 0.360. The van der Waals surface area contributed by atoms with Crippen molar-refractivity contribution in [2.75, 3.05) is 26.7 Å². The van der Waals surface area contributed by atoms with Crippen LogP contribution in [0.4, 0.5) is 0 Å². The SMILES string of the molecule is COc1ccc2c(c1)C13CCN(CC4CC4)C(C2)C12CCC1C3C(CN1Cc1ccccc1)C2. The zero-order valence-electron chi connectivity index (χ0n) is 20.6. The number of methoxy groups -OCH3 is 1. The molecule has 2 aromatic rings. The second-order valence-corrected chi connectivity index (χ2v) is 12.6. The van der Waals surface area contributed by atoms with Crippen molar-refractivity contribution < 1.29 is 4.74 Å². The predicted molar refractivity (Wildman–Crippen MR) is 135 cm³/mol. The average molecular weight is 455 g/mol. The normalized spacial score (nSPS) is 40.1. The van der Waals surface area contributed by atoms with Crippen LogP contribution >= 0.6 is 0 Å². The van der Waals surface area contributed by atoms with Crippen LogP contribution in [0.1, 0.15) is 55.2 Å². The molecule has 6 aliphatic rings. The quantitative estimate of drug-likeness (QED) is 0.612. The van der Waals surface area contributed by atoms with Crippen LogP contribution in [0.15, 0.2) is 48.5 Å². The number of likely N-dealkylation sites (tertiary alicyclic amines) is 2. The van der Waals surface area contributed by atoms with Gasteiger partial charge in [0.05, 0.1) is 7.11 Å². The van der Waals surface area contributed by atoms with Crippen molar-refractivity contribution >= 4 is 0 Å². The largest absolute Gasteiger partial charge is 0.497 e. The van der Waals surface area contributed by atoms with E-state index in [4.69, 9.17) is 4.74 Å². The van der Waals surface area contributed by atoms with Gasteiger partial charge < -0.3 is 4.74 Å². The maximum Gasteiger partial charge on any atom is 0.119 e. The lowest BCUT2D eigenvalue weighted by molar-refractivity contribution is -0.105. The van der Waals surface area contributed by atoms with Crippen LogP contribution in [-0.2, 0) is 18.4 Å². The van der Waals surface area contributed by atoms with Crippen LogP contribution in [0, 0.1) is 23.2 Å². The predicted octanol–water partition coefficient (Wildman–Crippen LogP) is 5.27. The Hall–Kier alpha value is -1.84. The fourth-order valence-corrected chi connectivity index (χ4v) is 10.2. The highest BCUT2D eigenvalue weighted by molar-refractivity contribution is 5.51. The molecule has 2 aliphatic heterocycles. The number of fused-ring (bicyclic) bond motifs is 1. The van der Waals surface area contributed by atoms with Gasteiger partial charge in [-0.05, 0) is 103 Å². The Bertz CT molecular complexity index is 1110. The fourth-order valence-electron chi connectivity index (χ4n) is 10.2. The summed E-state index contributed by atoms with van der Waals surface area (Å²) in [4.78, 5) is 5.88. The third-order valence-electron chi connectivity index (χ3n) is 11.3. The highest BCUT2D eigenvalue weighted by atomic mass is 16.5. The summed E-state index contributed by atoms with van der Waals surface area (Å²) in [7, 11) is 1.85. The molecule has 8 rings (SSSR count). The van der Waals surface area contributed by atoms with E-state index in [0.717, 1.165) is 42.1 Å². The molecule has 0 radical (unpaired) electrons. The maximum absolute atomic E-state index is 5.81. The first kappa shape index (κ1) is 20.4. The molecule has 34 heavy (non-hydrogen) atoms. The van der Waals surface area contributed by atoms with Gasteiger partial charge in [0.25, 0.3) is 0 Å². The second kappa shape index (κ2) is 7.11. The molecule has 0 aromatic heterocycles. The molecule has 2 heterocycles. The maximum atomic E-state index is 5.81. The highest BCUT2D eigenvalue weighted by Crippen LogP contribution is 2.75. The smallest absolute Gasteiger partial charge is 0.119 e. The Labute approximate surface area is 204 Å². The molecule has 0 amide bonds. The van der Waals surface area contributed by atoms with Crippen molar-refractivity contribution in [1.29, 1.82) is 0 Å². The number of ether oxygens (including phenoxy) is 1. The molecule has 5 fully saturated rings. The van der Waals surface area contributed by atoms with Crippen molar-refractivity contribution in [2.24, 2.45) is 23.2 Å². The summed E-state index contributed by atoms with van der Waals surface area (Å²) in [5, 5.41) is 0. The van der Waals surface area contributed by atoms with E-state index in [9.17, 15) is 0 Å². The molecular weight excluding hydrogens is 416 g/mol. The van der Waals surface area contributed by atoms with E-state index >= 15 is 0 Å². The lowest BCUT2D eigenvalue weighted by atomic mass is 9.43. The van der Waals surface area contributed by atoms with Crippen molar-refractivity contribution in [3.05, 3.63) is 65.2 Å².